The molecule has 2 fully saturated rings. The van der Waals surface area contributed by atoms with Crippen molar-refractivity contribution in [2.75, 3.05) is 19.4 Å². The predicted octanol–water partition coefficient (Wildman–Crippen LogP) is 2.26. The lowest BCUT2D eigenvalue weighted by atomic mass is 9.54. The van der Waals surface area contributed by atoms with Crippen molar-refractivity contribution in [2.24, 2.45) is 5.41 Å². The number of amides is 1. The Morgan fingerprint density at radius 3 is 2.70 bits per heavy atom. The van der Waals surface area contributed by atoms with Gasteiger partial charge in [0.05, 0.1) is 6.10 Å². The van der Waals surface area contributed by atoms with E-state index < -0.39 is 0 Å². The first kappa shape index (κ1) is 16.2. The fraction of sp³-hybridized carbons (Fsp3) is 0.706. The number of anilines is 1. The van der Waals surface area contributed by atoms with Crippen molar-refractivity contribution in [3.8, 4) is 0 Å². The number of carbonyl (C=O) groups excluding carboxylic acids is 1. The third-order valence-electron chi connectivity index (χ3n) is 5.61. The highest BCUT2D eigenvalue weighted by molar-refractivity contribution is 5.96. The lowest BCUT2D eigenvalue weighted by molar-refractivity contribution is -0.170. The Balaban J connectivity index is 1.80. The van der Waals surface area contributed by atoms with E-state index in [1.165, 1.54) is 31.7 Å². The van der Waals surface area contributed by atoms with Gasteiger partial charge in [-0.2, -0.15) is 0 Å². The molecule has 6 nitrogen and oxygen atoms in total. The van der Waals surface area contributed by atoms with Gasteiger partial charge < -0.3 is 15.4 Å². The largest absolute Gasteiger partial charge is 0.382 e. The minimum Gasteiger partial charge on any atom is -0.382 e. The van der Waals surface area contributed by atoms with Gasteiger partial charge in [0.25, 0.3) is 5.91 Å². The molecular formula is C17H26N4O2. The molecule has 3 rings (SSSR count). The van der Waals surface area contributed by atoms with Crippen LogP contribution in [0.25, 0.3) is 0 Å². The molecule has 0 radical (unpaired) electrons. The van der Waals surface area contributed by atoms with Crippen molar-refractivity contribution in [1.82, 2.24) is 14.9 Å². The number of hydrogen-bond acceptors (Lipinski definition) is 5. The van der Waals surface area contributed by atoms with Crippen LogP contribution in [0.4, 0.5) is 5.82 Å². The third kappa shape index (κ3) is 2.69. The quantitative estimate of drug-likeness (QED) is 0.921. The molecule has 1 aromatic rings. The number of nitrogens with zero attached hydrogens (tertiary/aromatic N) is 3. The van der Waals surface area contributed by atoms with Gasteiger partial charge in [0, 0.05) is 37.5 Å². The van der Waals surface area contributed by atoms with Crippen molar-refractivity contribution in [3.05, 3.63) is 18.1 Å². The summed E-state index contributed by atoms with van der Waals surface area (Å²) < 4.78 is 5.97. The summed E-state index contributed by atoms with van der Waals surface area (Å²) in [6.45, 7) is 2.77. The van der Waals surface area contributed by atoms with E-state index in [4.69, 9.17) is 10.5 Å². The van der Waals surface area contributed by atoms with Crippen LogP contribution in [0.5, 0.6) is 0 Å². The molecule has 0 bridgehead atoms. The van der Waals surface area contributed by atoms with E-state index in [1.54, 1.807) is 0 Å². The molecule has 1 amide bonds. The van der Waals surface area contributed by atoms with Crippen LogP contribution in [-0.4, -0.2) is 46.6 Å². The average molecular weight is 318 g/mol. The van der Waals surface area contributed by atoms with Gasteiger partial charge in [0.15, 0.2) is 11.5 Å². The smallest absolute Gasteiger partial charge is 0.276 e. The van der Waals surface area contributed by atoms with Gasteiger partial charge in [-0.25, -0.2) is 9.97 Å². The second-order valence-corrected chi connectivity index (χ2v) is 6.70. The van der Waals surface area contributed by atoms with Gasteiger partial charge in [0.1, 0.15) is 0 Å². The number of carbonyl (C=O) groups is 1. The van der Waals surface area contributed by atoms with Crippen LogP contribution in [0.15, 0.2) is 12.4 Å². The van der Waals surface area contributed by atoms with Gasteiger partial charge in [-0.15, -0.1) is 0 Å². The van der Waals surface area contributed by atoms with Gasteiger partial charge in [-0.05, 0) is 26.2 Å². The number of rotatable bonds is 4. The van der Waals surface area contributed by atoms with Crippen molar-refractivity contribution in [1.29, 1.82) is 0 Å². The topological polar surface area (TPSA) is 81.3 Å². The number of aromatic nitrogens is 2. The van der Waals surface area contributed by atoms with Crippen LogP contribution in [0, 0.1) is 5.41 Å². The Hall–Kier alpha value is -1.69. The zero-order chi connectivity index (χ0) is 16.4. The van der Waals surface area contributed by atoms with E-state index in [2.05, 4.69) is 9.97 Å². The monoisotopic (exact) mass is 318 g/mol. The standard InChI is InChI=1S/C17H26N4O2/c1-3-23-13-11-12(17(13)7-5-4-6-8-17)21(2)16(22)14-15(18)20-10-9-19-14/h9-10,12-13H,3-8,11H2,1-2H3,(H2,18,20)/t12-,13-/m1/s1. The number of hydrogen-bond donors (Lipinski definition) is 1. The van der Waals surface area contributed by atoms with Crippen LogP contribution in [0.1, 0.15) is 55.9 Å². The molecule has 2 atom stereocenters. The highest BCUT2D eigenvalue weighted by Gasteiger charge is 2.58. The van der Waals surface area contributed by atoms with E-state index in [0.29, 0.717) is 0 Å². The Kier molecular flexibility index (Phi) is 4.53. The average Bonchev–Trinajstić information content (AvgIpc) is 2.58. The summed E-state index contributed by atoms with van der Waals surface area (Å²) in [6, 6.07) is 0.202. The van der Waals surface area contributed by atoms with Crippen LogP contribution < -0.4 is 5.73 Å². The zero-order valence-electron chi connectivity index (χ0n) is 14.0. The lowest BCUT2D eigenvalue weighted by Gasteiger charge is -2.60. The Morgan fingerprint density at radius 2 is 2.04 bits per heavy atom. The van der Waals surface area contributed by atoms with Crippen LogP contribution >= 0.6 is 0 Å². The van der Waals surface area contributed by atoms with E-state index in [0.717, 1.165) is 25.9 Å². The molecule has 0 aromatic carbocycles. The van der Waals surface area contributed by atoms with Crippen LogP contribution in [-0.2, 0) is 4.74 Å². The summed E-state index contributed by atoms with van der Waals surface area (Å²) >= 11 is 0. The molecule has 23 heavy (non-hydrogen) atoms. The maximum absolute atomic E-state index is 12.8. The Labute approximate surface area is 137 Å². The highest BCUT2D eigenvalue weighted by atomic mass is 16.5. The normalized spacial score (nSPS) is 25.8. The van der Waals surface area contributed by atoms with E-state index in [9.17, 15) is 4.79 Å². The highest BCUT2D eigenvalue weighted by Crippen LogP contribution is 2.55. The maximum atomic E-state index is 12.8. The summed E-state index contributed by atoms with van der Waals surface area (Å²) in [5, 5.41) is 0. The molecule has 0 unspecified atom stereocenters. The molecule has 1 spiro atoms. The number of nitrogens with two attached hydrogens (primary N) is 1. The molecule has 2 saturated carbocycles. The molecule has 2 N–H and O–H groups in total. The molecule has 2 aliphatic carbocycles. The first-order valence-corrected chi connectivity index (χ1v) is 8.55. The zero-order valence-corrected chi connectivity index (χ0v) is 14.0. The minimum absolute atomic E-state index is 0.107. The summed E-state index contributed by atoms with van der Waals surface area (Å²) in [4.78, 5) is 22.7. The second kappa shape index (κ2) is 6.43. The Morgan fingerprint density at radius 1 is 1.35 bits per heavy atom. The Bertz CT molecular complexity index is 571. The summed E-state index contributed by atoms with van der Waals surface area (Å²) in [6.07, 6.45) is 10.2. The van der Waals surface area contributed by atoms with Gasteiger partial charge in [-0.1, -0.05) is 19.3 Å². The fourth-order valence-electron chi connectivity index (χ4n) is 4.39. The molecule has 1 heterocycles. The van der Waals surface area contributed by atoms with Gasteiger partial charge in [-0.3, -0.25) is 4.79 Å². The second-order valence-electron chi connectivity index (χ2n) is 6.70. The van der Waals surface area contributed by atoms with E-state index in [-0.39, 0.29) is 35.0 Å². The molecule has 1 aromatic heterocycles. The third-order valence-corrected chi connectivity index (χ3v) is 5.61. The first-order chi connectivity index (χ1) is 11.1. The predicted molar refractivity (Wildman–Crippen MR) is 87.9 cm³/mol. The SMILES string of the molecule is CCO[C@@H]1C[C@@H](N(C)C(=O)c2nccnc2N)C12CCCCC2. The van der Waals surface area contributed by atoms with Gasteiger partial charge in [0.2, 0.25) is 0 Å². The summed E-state index contributed by atoms with van der Waals surface area (Å²) in [5.41, 5.74) is 6.18. The summed E-state index contributed by atoms with van der Waals surface area (Å²) in [7, 11) is 1.86. The minimum atomic E-state index is -0.138. The number of nitrogen functional groups attached to an aromatic ring is 1. The van der Waals surface area contributed by atoms with Gasteiger partial charge >= 0.3 is 0 Å². The number of ether oxygens (including phenoxy) is 1. The molecule has 126 valence electrons. The maximum Gasteiger partial charge on any atom is 0.276 e. The fourth-order valence-corrected chi connectivity index (χ4v) is 4.39. The molecule has 2 aliphatic rings. The molecule has 0 saturated heterocycles. The summed E-state index contributed by atoms with van der Waals surface area (Å²) in [5.74, 6) is 0.0585. The van der Waals surface area contributed by atoms with Crippen LogP contribution in [0.2, 0.25) is 0 Å². The molecule has 0 aliphatic heterocycles. The van der Waals surface area contributed by atoms with E-state index in [1.807, 2.05) is 18.9 Å². The molecule has 6 heteroatoms. The van der Waals surface area contributed by atoms with E-state index >= 15 is 0 Å². The van der Waals surface area contributed by atoms with Crippen molar-refractivity contribution >= 4 is 11.7 Å². The van der Waals surface area contributed by atoms with Crippen molar-refractivity contribution in [2.45, 2.75) is 57.6 Å². The van der Waals surface area contributed by atoms with Crippen molar-refractivity contribution < 1.29 is 9.53 Å². The van der Waals surface area contributed by atoms with Crippen LogP contribution in [0.3, 0.4) is 0 Å². The first-order valence-electron chi connectivity index (χ1n) is 8.55. The lowest BCUT2D eigenvalue weighted by Crippen LogP contribution is -2.65. The van der Waals surface area contributed by atoms with Crippen molar-refractivity contribution in [3.63, 3.8) is 0 Å². The molecular weight excluding hydrogens is 292 g/mol.